The number of hydrogen-bond donors (Lipinski definition) is 1. The van der Waals surface area contributed by atoms with Crippen molar-refractivity contribution >= 4 is 18.3 Å². The Bertz CT molecular complexity index is 739. The molecule has 0 saturated carbocycles. The molecule has 1 unspecified atom stereocenters. The Morgan fingerprint density at radius 1 is 1.36 bits per heavy atom. The smallest absolute Gasteiger partial charge is 0.258 e. The Balaban J connectivity index is 0.00000225. The van der Waals surface area contributed by atoms with E-state index >= 15 is 0 Å². The van der Waals surface area contributed by atoms with E-state index in [0.29, 0.717) is 41.8 Å². The van der Waals surface area contributed by atoms with Gasteiger partial charge in [0.15, 0.2) is 5.82 Å². The second-order valence-corrected chi connectivity index (χ2v) is 7.36. The van der Waals surface area contributed by atoms with Crippen LogP contribution >= 0.6 is 12.4 Å². The van der Waals surface area contributed by atoms with Gasteiger partial charge in [0.1, 0.15) is 0 Å². The van der Waals surface area contributed by atoms with E-state index in [1.165, 1.54) is 0 Å². The van der Waals surface area contributed by atoms with Gasteiger partial charge in [-0.15, -0.1) is 12.4 Å². The number of carbonyl (C=O) groups excluding carboxylic acids is 1. The second-order valence-electron chi connectivity index (χ2n) is 7.36. The van der Waals surface area contributed by atoms with Gasteiger partial charge in [-0.1, -0.05) is 38.1 Å². The molecule has 1 amide bonds. The second kappa shape index (κ2) is 7.54. The molecule has 1 aliphatic rings. The standard InChI is InChI=1S/C18H24N4O2.ClH/c1-18(2,3)17-20-15(24-21-17)13-6-4-5-7-14(13)16(23)22-9-8-12(10-19)11-22;/h4-7,12H,8-11,19H2,1-3H3;1H. The summed E-state index contributed by atoms with van der Waals surface area (Å²) in [5.41, 5.74) is 6.80. The van der Waals surface area contributed by atoms with Crippen LogP contribution in [-0.4, -0.2) is 40.6 Å². The molecule has 7 heteroatoms. The van der Waals surface area contributed by atoms with Crippen molar-refractivity contribution in [2.75, 3.05) is 19.6 Å². The molecular formula is C18H25ClN4O2. The van der Waals surface area contributed by atoms with Crippen molar-refractivity contribution in [2.24, 2.45) is 11.7 Å². The van der Waals surface area contributed by atoms with E-state index in [4.69, 9.17) is 10.3 Å². The first kappa shape index (κ1) is 19.4. The summed E-state index contributed by atoms with van der Waals surface area (Å²) in [6, 6.07) is 7.39. The quantitative estimate of drug-likeness (QED) is 0.905. The van der Waals surface area contributed by atoms with Crippen molar-refractivity contribution < 1.29 is 9.32 Å². The maximum atomic E-state index is 12.9. The largest absolute Gasteiger partial charge is 0.338 e. The molecule has 1 saturated heterocycles. The van der Waals surface area contributed by atoms with Gasteiger partial charge in [0.2, 0.25) is 0 Å². The number of nitrogens with two attached hydrogens (primary N) is 1. The highest BCUT2D eigenvalue weighted by Crippen LogP contribution is 2.28. The molecule has 2 aromatic rings. The fourth-order valence-corrected chi connectivity index (χ4v) is 2.87. The highest BCUT2D eigenvalue weighted by molar-refractivity contribution is 6.00. The van der Waals surface area contributed by atoms with E-state index in [2.05, 4.69) is 10.1 Å². The van der Waals surface area contributed by atoms with Crippen molar-refractivity contribution in [1.29, 1.82) is 0 Å². The molecule has 1 aromatic carbocycles. The van der Waals surface area contributed by atoms with E-state index in [0.717, 1.165) is 13.0 Å². The van der Waals surface area contributed by atoms with Crippen LogP contribution in [0.25, 0.3) is 11.5 Å². The van der Waals surface area contributed by atoms with Crippen molar-refractivity contribution in [3.8, 4) is 11.5 Å². The Morgan fingerprint density at radius 2 is 2.08 bits per heavy atom. The SMILES string of the molecule is CC(C)(C)c1noc(-c2ccccc2C(=O)N2CCC(CN)C2)n1.Cl. The van der Waals surface area contributed by atoms with Gasteiger partial charge in [0.25, 0.3) is 11.8 Å². The monoisotopic (exact) mass is 364 g/mol. The van der Waals surface area contributed by atoms with Crippen molar-refractivity contribution in [3.63, 3.8) is 0 Å². The minimum Gasteiger partial charge on any atom is -0.338 e. The normalized spacial score (nSPS) is 17.4. The molecule has 0 bridgehead atoms. The molecule has 6 nitrogen and oxygen atoms in total. The highest BCUT2D eigenvalue weighted by atomic mass is 35.5. The van der Waals surface area contributed by atoms with E-state index in [1.54, 1.807) is 0 Å². The van der Waals surface area contributed by atoms with Gasteiger partial charge in [0.05, 0.1) is 11.1 Å². The minimum absolute atomic E-state index is 0. The maximum absolute atomic E-state index is 12.9. The number of likely N-dealkylation sites (tertiary alicyclic amines) is 1. The number of rotatable bonds is 3. The first-order chi connectivity index (χ1) is 11.4. The average molecular weight is 365 g/mol. The summed E-state index contributed by atoms with van der Waals surface area (Å²) in [6.07, 6.45) is 0.957. The first-order valence-corrected chi connectivity index (χ1v) is 8.33. The van der Waals surface area contributed by atoms with Crippen LogP contribution in [0.3, 0.4) is 0 Å². The van der Waals surface area contributed by atoms with Gasteiger partial charge in [-0.05, 0) is 31.0 Å². The molecule has 1 aliphatic heterocycles. The fraction of sp³-hybridized carbons (Fsp3) is 0.500. The molecular weight excluding hydrogens is 340 g/mol. The molecule has 136 valence electrons. The summed E-state index contributed by atoms with van der Waals surface area (Å²) >= 11 is 0. The van der Waals surface area contributed by atoms with E-state index < -0.39 is 0 Å². The van der Waals surface area contributed by atoms with E-state index in [9.17, 15) is 4.79 Å². The molecule has 2 N–H and O–H groups in total. The van der Waals surface area contributed by atoms with Gasteiger partial charge >= 0.3 is 0 Å². The van der Waals surface area contributed by atoms with Gasteiger partial charge in [-0.25, -0.2) is 0 Å². The molecule has 1 atom stereocenters. The van der Waals surface area contributed by atoms with Crippen molar-refractivity contribution in [2.45, 2.75) is 32.6 Å². The molecule has 2 heterocycles. The number of nitrogens with zero attached hydrogens (tertiary/aromatic N) is 3. The number of carbonyl (C=O) groups is 1. The molecule has 1 fully saturated rings. The number of amides is 1. The lowest BCUT2D eigenvalue weighted by atomic mass is 9.96. The van der Waals surface area contributed by atoms with Crippen LogP contribution in [-0.2, 0) is 5.41 Å². The fourth-order valence-electron chi connectivity index (χ4n) is 2.87. The number of hydrogen-bond acceptors (Lipinski definition) is 5. The number of aromatic nitrogens is 2. The third-order valence-electron chi connectivity index (χ3n) is 4.39. The predicted octanol–water partition coefficient (Wildman–Crippen LogP) is 2.88. The molecule has 0 radical (unpaired) electrons. The van der Waals surface area contributed by atoms with E-state index in [-0.39, 0.29) is 23.7 Å². The lowest BCUT2D eigenvalue weighted by molar-refractivity contribution is 0.0788. The first-order valence-electron chi connectivity index (χ1n) is 8.33. The summed E-state index contributed by atoms with van der Waals surface area (Å²) in [6.45, 7) is 8.14. The zero-order valence-electron chi connectivity index (χ0n) is 14.9. The van der Waals surface area contributed by atoms with Gasteiger partial charge in [0, 0.05) is 18.5 Å². The lowest BCUT2D eigenvalue weighted by Crippen LogP contribution is -2.30. The van der Waals surface area contributed by atoms with Crippen LogP contribution in [0.4, 0.5) is 0 Å². The maximum Gasteiger partial charge on any atom is 0.258 e. The summed E-state index contributed by atoms with van der Waals surface area (Å²) in [4.78, 5) is 19.2. The Hall–Kier alpha value is -1.92. The van der Waals surface area contributed by atoms with Crippen LogP contribution in [0, 0.1) is 5.92 Å². The summed E-state index contributed by atoms with van der Waals surface area (Å²) < 4.78 is 5.42. The Labute approximate surface area is 154 Å². The van der Waals surface area contributed by atoms with E-state index in [1.807, 2.05) is 49.9 Å². The Kier molecular flexibility index (Phi) is 5.85. The molecule has 0 spiro atoms. The van der Waals surface area contributed by atoms with Gasteiger partial charge in [-0.3, -0.25) is 4.79 Å². The van der Waals surface area contributed by atoms with Gasteiger partial charge < -0.3 is 15.2 Å². The Morgan fingerprint density at radius 3 is 2.68 bits per heavy atom. The molecule has 3 rings (SSSR count). The topological polar surface area (TPSA) is 85.2 Å². The summed E-state index contributed by atoms with van der Waals surface area (Å²) in [5, 5.41) is 4.06. The number of halogens is 1. The van der Waals surface area contributed by atoms with Crippen molar-refractivity contribution in [1.82, 2.24) is 15.0 Å². The third-order valence-corrected chi connectivity index (χ3v) is 4.39. The van der Waals surface area contributed by atoms with Crippen LogP contribution in [0.2, 0.25) is 0 Å². The zero-order chi connectivity index (χ0) is 17.3. The lowest BCUT2D eigenvalue weighted by Gasteiger charge is -2.17. The van der Waals surface area contributed by atoms with Crippen LogP contribution in [0.15, 0.2) is 28.8 Å². The molecule has 1 aromatic heterocycles. The average Bonchev–Trinajstić information content (AvgIpc) is 3.23. The van der Waals surface area contributed by atoms with Crippen LogP contribution < -0.4 is 5.73 Å². The highest BCUT2D eigenvalue weighted by Gasteiger charge is 2.29. The zero-order valence-corrected chi connectivity index (χ0v) is 15.7. The molecule has 0 aliphatic carbocycles. The summed E-state index contributed by atoms with van der Waals surface area (Å²) in [7, 11) is 0. The van der Waals surface area contributed by atoms with Crippen molar-refractivity contribution in [3.05, 3.63) is 35.7 Å². The minimum atomic E-state index is -0.204. The number of benzene rings is 1. The van der Waals surface area contributed by atoms with Crippen LogP contribution in [0.5, 0.6) is 0 Å². The van der Waals surface area contributed by atoms with Crippen LogP contribution in [0.1, 0.15) is 43.4 Å². The molecule has 25 heavy (non-hydrogen) atoms. The predicted molar refractivity (Wildman–Crippen MR) is 98.7 cm³/mol. The summed E-state index contributed by atoms with van der Waals surface area (Å²) in [5.74, 6) is 1.40. The van der Waals surface area contributed by atoms with Gasteiger partial charge in [-0.2, -0.15) is 4.98 Å². The third kappa shape index (κ3) is 4.02.